The van der Waals surface area contributed by atoms with Crippen LogP contribution in [0.25, 0.3) is 0 Å². The monoisotopic (exact) mass is 235 g/mol. The molecule has 2 nitrogen and oxygen atoms in total. The molecule has 86 valence electrons. The zero-order chi connectivity index (χ0) is 11.2. The summed E-state index contributed by atoms with van der Waals surface area (Å²) in [6, 6.07) is 10.1. The second kappa shape index (κ2) is 5.85. The maximum atomic E-state index is 5.62. The van der Waals surface area contributed by atoms with Gasteiger partial charge in [0.25, 0.3) is 5.17 Å². The lowest BCUT2D eigenvalue weighted by atomic mass is 10.1. The van der Waals surface area contributed by atoms with Gasteiger partial charge >= 0.3 is 0 Å². The summed E-state index contributed by atoms with van der Waals surface area (Å²) in [6.07, 6.45) is 3.78. The van der Waals surface area contributed by atoms with Gasteiger partial charge in [0.15, 0.2) is 0 Å². The van der Waals surface area contributed by atoms with Gasteiger partial charge in [-0.3, -0.25) is 0 Å². The van der Waals surface area contributed by atoms with E-state index in [0.717, 1.165) is 13.1 Å². The number of likely N-dealkylation sites (tertiary alicyclic amines) is 1. The Hall–Kier alpha value is -1.09. The Labute approximate surface area is 102 Å². The van der Waals surface area contributed by atoms with E-state index in [1.54, 1.807) is 0 Å². The fourth-order valence-corrected chi connectivity index (χ4v) is 2.13. The van der Waals surface area contributed by atoms with Crippen LogP contribution >= 0.6 is 12.2 Å². The highest BCUT2D eigenvalue weighted by Gasteiger charge is 2.13. The van der Waals surface area contributed by atoms with E-state index >= 15 is 0 Å². The molecule has 1 aromatic rings. The molecule has 0 spiro atoms. The van der Waals surface area contributed by atoms with Gasteiger partial charge in [-0.25, -0.2) is 0 Å². The molecule has 1 aliphatic heterocycles. The topological polar surface area (TPSA) is 12.5 Å². The third-order valence-corrected chi connectivity index (χ3v) is 3.20. The Balaban J connectivity index is 1.79. The highest BCUT2D eigenvalue weighted by atomic mass is 32.1. The van der Waals surface area contributed by atoms with E-state index in [4.69, 9.17) is 17.0 Å². The number of nitrogens with zero attached hydrogens (tertiary/aromatic N) is 1. The molecule has 0 aliphatic carbocycles. The molecule has 1 aromatic carbocycles. The highest BCUT2D eigenvalue weighted by Crippen LogP contribution is 2.11. The van der Waals surface area contributed by atoms with Gasteiger partial charge in [-0.05, 0) is 37.0 Å². The van der Waals surface area contributed by atoms with Crippen molar-refractivity contribution in [2.24, 2.45) is 0 Å². The predicted octanol–water partition coefficient (Wildman–Crippen LogP) is 2.97. The normalized spacial score (nSPS) is 15.9. The molecule has 0 aromatic heterocycles. The number of ether oxygens (including phenoxy) is 1. The Kier molecular flexibility index (Phi) is 4.17. The molecule has 1 heterocycles. The molecule has 2 rings (SSSR count). The Bertz CT molecular complexity index is 333. The molecule has 1 saturated heterocycles. The lowest BCUT2D eigenvalue weighted by molar-refractivity contribution is 0.215. The van der Waals surface area contributed by atoms with E-state index in [-0.39, 0.29) is 0 Å². The molecular weight excluding hydrogens is 218 g/mol. The average molecular weight is 235 g/mol. The first-order chi connectivity index (χ1) is 7.86. The van der Waals surface area contributed by atoms with Crippen LogP contribution in [-0.4, -0.2) is 23.2 Å². The number of thiocarbonyl (C=S) groups is 1. The number of benzene rings is 1. The van der Waals surface area contributed by atoms with Crippen molar-refractivity contribution in [1.82, 2.24) is 4.90 Å². The van der Waals surface area contributed by atoms with Gasteiger partial charge in [0.2, 0.25) is 0 Å². The summed E-state index contributed by atoms with van der Waals surface area (Å²) in [5.41, 5.74) is 1.17. The molecule has 1 fully saturated rings. The summed E-state index contributed by atoms with van der Waals surface area (Å²) < 4.78 is 5.62. The highest BCUT2D eigenvalue weighted by molar-refractivity contribution is 7.80. The number of rotatable bonds is 2. The molecule has 1 aliphatic rings. The zero-order valence-electron chi connectivity index (χ0n) is 9.39. The first-order valence-corrected chi connectivity index (χ1v) is 6.23. The fourth-order valence-electron chi connectivity index (χ4n) is 1.89. The van der Waals surface area contributed by atoms with Crippen LogP contribution in [-0.2, 0) is 11.3 Å². The lowest BCUT2D eigenvalue weighted by Gasteiger charge is -2.28. The van der Waals surface area contributed by atoms with Gasteiger partial charge in [0, 0.05) is 13.1 Å². The Morgan fingerprint density at radius 2 is 1.81 bits per heavy atom. The molecule has 0 unspecified atom stereocenters. The number of piperidine rings is 1. The largest absolute Gasteiger partial charge is 0.466 e. The van der Waals surface area contributed by atoms with Crippen molar-refractivity contribution in [3.8, 4) is 0 Å². The van der Waals surface area contributed by atoms with Gasteiger partial charge in [0.05, 0.1) is 0 Å². The van der Waals surface area contributed by atoms with Crippen LogP contribution in [0.3, 0.4) is 0 Å². The van der Waals surface area contributed by atoms with Gasteiger partial charge in [-0.2, -0.15) is 0 Å². The van der Waals surface area contributed by atoms with Gasteiger partial charge < -0.3 is 9.64 Å². The van der Waals surface area contributed by atoms with Crippen LogP contribution in [0, 0.1) is 0 Å². The third-order valence-electron chi connectivity index (χ3n) is 2.82. The Morgan fingerprint density at radius 1 is 1.12 bits per heavy atom. The summed E-state index contributed by atoms with van der Waals surface area (Å²) in [5.74, 6) is 0. The number of hydrogen-bond acceptors (Lipinski definition) is 2. The van der Waals surface area contributed by atoms with E-state index < -0.39 is 0 Å². The molecule has 0 atom stereocenters. The molecule has 3 heteroatoms. The van der Waals surface area contributed by atoms with Gasteiger partial charge in [0.1, 0.15) is 6.61 Å². The molecule has 16 heavy (non-hydrogen) atoms. The van der Waals surface area contributed by atoms with Crippen LogP contribution < -0.4 is 0 Å². The smallest absolute Gasteiger partial charge is 0.259 e. The van der Waals surface area contributed by atoms with Crippen molar-refractivity contribution in [1.29, 1.82) is 0 Å². The zero-order valence-corrected chi connectivity index (χ0v) is 10.2. The summed E-state index contributed by atoms with van der Waals surface area (Å²) in [6.45, 7) is 2.68. The first-order valence-electron chi connectivity index (χ1n) is 5.82. The van der Waals surface area contributed by atoms with E-state index in [1.165, 1.54) is 24.8 Å². The molecular formula is C13H17NOS. The SMILES string of the molecule is S=C(OCc1ccccc1)N1CCCCC1. The van der Waals surface area contributed by atoms with Gasteiger partial charge in [-0.15, -0.1) is 0 Å². The summed E-state index contributed by atoms with van der Waals surface area (Å²) in [4.78, 5) is 2.17. The minimum absolute atomic E-state index is 0.580. The van der Waals surface area contributed by atoms with Crippen LogP contribution in [0.2, 0.25) is 0 Å². The number of hydrogen-bond donors (Lipinski definition) is 0. The van der Waals surface area contributed by atoms with Gasteiger partial charge in [-0.1, -0.05) is 30.3 Å². The summed E-state index contributed by atoms with van der Waals surface area (Å²) >= 11 is 5.28. The molecule has 0 radical (unpaired) electrons. The first kappa shape index (κ1) is 11.4. The van der Waals surface area contributed by atoms with Crippen molar-refractivity contribution in [2.75, 3.05) is 13.1 Å². The second-order valence-corrected chi connectivity index (χ2v) is 4.44. The predicted molar refractivity (Wildman–Crippen MR) is 69.3 cm³/mol. The van der Waals surface area contributed by atoms with Crippen molar-refractivity contribution in [3.05, 3.63) is 35.9 Å². The summed E-state index contributed by atoms with van der Waals surface area (Å²) in [7, 11) is 0. The van der Waals surface area contributed by atoms with Crippen LogP contribution in [0.1, 0.15) is 24.8 Å². The van der Waals surface area contributed by atoms with Crippen LogP contribution in [0.5, 0.6) is 0 Å². The average Bonchev–Trinajstić information content (AvgIpc) is 2.38. The second-order valence-electron chi connectivity index (χ2n) is 4.09. The lowest BCUT2D eigenvalue weighted by Crippen LogP contribution is -2.35. The van der Waals surface area contributed by atoms with Crippen LogP contribution in [0.15, 0.2) is 30.3 Å². The standard InChI is InChI=1S/C13H17NOS/c16-13(14-9-5-2-6-10-14)15-11-12-7-3-1-4-8-12/h1,3-4,7-8H,2,5-6,9-11H2. The maximum Gasteiger partial charge on any atom is 0.259 e. The van der Waals surface area contributed by atoms with Crippen molar-refractivity contribution < 1.29 is 4.74 Å². The van der Waals surface area contributed by atoms with Crippen molar-refractivity contribution in [2.45, 2.75) is 25.9 Å². The molecule has 0 N–H and O–H groups in total. The van der Waals surface area contributed by atoms with E-state index in [2.05, 4.69) is 17.0 Å². The summed E-state index contributed by atoms with van der Waals surface area (Å²) in [5, 5.41) is 0.656. The minimum atomic E-state index is 0.580. The quantitative estimate of drug-likeness (QED) is 0.731. The fraction of sp³-hybridized carbons (Fsp3) is 0.462. The molecule has 0 bridgehead atoms. The van der Waals surface area contributed by atoms with Crippen molar-refractivity contribution >= 4 is 17.4 Å². The Morgan fingerprint density at radius 3 is 2.50 bits per heavy atom. The van der Waals surface area contributed by atoms with Crippen LogP contribution in [0.4, 0.5) is 0 Å². The van der Waals surface area contributed by atoms with Crippen molar-refractivity contribution in [3.63, 3.8) is 0 Å². The maximum absolute atomic E-state index is 5.62. The van der Waals surface area contributed by atoms with E-state index in [1.807, 2.05) is 18.2 Å². The minimum Gasteiger partial charge on any atom is -0.466 e. The van der Waals surface area contributed by atoms with E-state index in [9.17, 15) is 0 Å². The molecule has 0 amide bonds. The third kappa shape index (κ3) is 3.20. The van der Waals surface area contributed by atoms with E-state index in [0.29, 0.717) is 11.8 Å². The molecule has 0 saturated carbocycles.